The van der Waals surface area contributed by atoms with Crippen molar-refractivity contribution in [3.8, 4) is 16.2 Å². The van der Waals surface area contributed by atoms with Crippen molar-refractivity contribution in [1.29, 1.82) is 0 Å². The Hall–Kier alpha value is -1.46. The molecule has 0 aromatic carbocycles. The van der Waals surface area contributed by atoms with Crippen molar-refractivity contribution < 1.29 is 9.13 Å². The van der Waals surface area contributed by atoms with Gasteiger partial charge in [-0.2, -0.15) is 0 Å². The Kier molecular flexibility index (Phi) is 6.21. The van der Waals surface area contributed by atoms with Gasteiger partial charge in [0.25, 0.3) is 0 Å². The number of ether oxygens (including phenoxy) is 1. The van der Waals surface area contributed by atoms with E-state index in [0.29, 0.717) is 12.5 Å². The van der Waals surface area contributed by atoms with E-state index < -0.39 is 0 Å². The molecule has 5 heteroatoms. The summed E-state index contributed by atoms with van der Waals surface area (Å²) in [7, 11) is 2.13. The number of hydrogen-bond acceptors (Lipinski definition) is 4. The average Bonchev–Trinajstić information content (AvgIpc) is 3.07. The fraction of sp³-hybridized carbons (Fsp3) is 0.526. The molecule has 0 radical (unpaired) electrons. The Balaban J connectivity index is 1.56. The highest BCUT2D eigenvalue weighted by molar-refractivity contribution is 7.13. The first-order chi connectivity index (χ1) is 11.8. The molecule has 2 aromatic heterocycles. The van der Waals surface area contributed by atoms with Crippen molar-refractivity contribution in [1.82, 2.24) is 9.88 Å². The molecule has 0 saturated carbocycles. The van der Waals surface area contributed by atoms with Gasteiger partial charge in [0, 0.05) is 22.7 Å². The summed E-state index contributed by atoms with van der Waals surface area (Å²) in [6.45, 7) is 1.69. The average molecular weight is 348 g/mol. The Labute approximate surface area is 147 Å². The van der Waals surface area contributed by atoms with Crippen LogP contribution in [-0.4, -0.2) is 42.8 Å². The minimum absolute atomic E-state index is 0.204. The van der Waals surface area contributed by atoms with Gasteiger partial charge in [-0.15, -0.1) is 11.3 Å². The van der Waals surface area contributed by atoms with Gasteiger partial charge in [-0.05, 0) is 62.4 Å². The number of nitrogens with zero attached hydrogens (tertiary/aromatic N) is 2. The maximum Gasteiger partial charge on any atom is 0.138 e. The van der Waals surface area contributed by atoms with Crippen LogP contribution in [0, 0.1) is 0 Å². The smallest absolute Gasteiger partial charge is 0.138 e. The van der Waals surface area contributed by atoms with E-state index in [1.54, 1.807) is 17.5 Å². The molecule has 1 atom stereocenters. The molecule has 3 nitrogen and oxygen atoms in total. The molecule has 0 amide bonds. The number of halogens is 1. The molecule has 2 aromatic rings. The zero-order valence-corrected chi connectivity index (χ0v) is 15.0. The maximum absolute atomic E-state index is 12.1. The highest BCUT2D eigenvalue weighted by atomic mass is 32.1. The number of pyridine rings is 1. The lowest BCUT2D eigenvalue weighted by atomic mass is 10.1. The molecule has 1 saturated heterocycles. The number of hydrogen-bond donors (Lipinski definition) is 0. The third-order valence-corrected chi connectivity index (χ3v) is 5.66. The second kappa shape index (κ2) is 8.58. The summed E-state index contributed by atoms with van der Waals surface area (Å²) in [6.07, 6.45) is 8.60. The predicted octanol–water partition coefficient (Wildman–Crippen LogP) is 4.58. The SMILES string of the molecule is CN1CCC1COc1cncc(-c2cc(CCCCCF)cs2)c1. The van der Waals surface area contributed by atoms with Crippen molar-refractivity contribution >= 4 is 11.3 Å². The summed E-state index contributed by atoms with van der Waals surface area (Å²) in [6, 6.07) is 4.83. The monoisotopic (exact) mass is 348 g/mol. The van der Waals surface area contributed by atoms with Crippen LogP contribution in [0.4, 0.5) is 4.39 Å². The number of unbranched alkanes of at least 4 members (excludes halogenated alkanes) is 2. The number of thiophene rings is 1. The van der Waals surface area contributed by atoms with Crippen molar-refractivity contribution in [3.05, 3.63) is 35.5 Å². The molecule has 24 heavy (non-hydrogen) atoms. The number of aromatic nitrogens is 1. The number of alkyl halides is 1. The van der Waals surface area contributed by atoms with Gasteiger partial charge in [0.2, 0.25) is 0 Å². The molecule has 3 rings (SSSR count). The molecule has 1 aliphatic heterocycles. The molecule has 130 valence electrons. The lowest BCUT2D eigenvalue weighted by molar-refractivity contribution is 0.0768. The quantitative estimate of drug-likeness (QED) is 0.621. The highest BCUT2D eigenvalue weighted by Gasteiger charge is 2.24. The van der Waals surface area contributed by atoms with Crippen molar-refractivity contribution in [3.63, 3.8) is 0 Å². The number of rotatable bonds is 9. The summed E-state index contributed by atoms with van der Waals surface area (Å²) in [4.78, 5) is 7.85. The maximum atomic E-state index is 12.1. The summed E-state index contributed by atoms with van der Waals surface area (Å²) in [5, 5.41) is 2.20. The van der Waals surface area contributed by atoms with Crippen LogP contribution in [0.25, 0.3) is 10.4 Å². The zero-order valence-electron chi connectivity index (χ0n) is 14.2. The molecule has 3 heterocycles. The van der Waals surface area contributed by atoms with Crippen LogP contribution in [0.3, 0.4) is 0 Å². The van der Waals surface area contributed by atoms with E-state index in [9.17, 15) is 4.39 Å². The van der Waals surface area contributed by atoms with E-state index in [2.05, 4.69) is 34.4 Å². The summed E-state index contributed by atoms with van der Waals surface area (Å²) >= 11 is 1.74. The molecule has 1 unspecified atom stereocenters. The van der Waals surface area contributed by atoms with Crippen molar-refractivity contribution in [2.45, 2.75) is 38.1 Å². The van der Waals surface area contributed by atoms with Crippen LogP contribution < -0.4 is 4.74 Å². The first-order valence-corrected chi connectivity index (χ1v) is 9.56. The Morgan fingerprint density at radius 1 is 1.29 bits per heavy atom. The number of aryl methyl sites for hydroxylation is 1. The van der Waals surface area contributed by atoms with E-state index in [1.165, 1.54) is 16.9 Å². The predicted molar refractivity (Wildman–Crippen MR) is 97.6 cm³/mol. The molecule has 1 fully saturated rings. The van der Waals surface area contributed by atoms with Gasteiger partial charge in [-0.3, -0.25) is 14.3 Å². The van der Waals surface area contributed by atoms with Crippen LogP contribution in [0.2, 0.25) is 0 Å². The Morgan fingerprint density at radius 3 is 2.96 bits per heavy atom. The van der Waals surface area contributed by atoms with Gasteiger partial charge in [-0.1, -0.05) is 6.42 Å². The Bertz CT molecular complexity index is 646. The minimum atomic E-state index is -0.204. The van der Waals surface area contributed by atoms with Crippen LogP contribution in [0.5, 0.6) is 5.75 Å². The van der Waals surface area contributed by atoms with E-state index in [0.717, 1.165) is 43.7 Å². The van der Waals surface area contributed by atoms with Crippen molar-refractivity contribution in [2.24, 2.45) is 0 Å². The van der Waals surface area contributed by atoms with Gasteiger partial charge in [0.05, 0.1) is 12.9 Å². The Morgan fingerprint density at radius 2 is 2.21 bits per heavy atom. The second-order valence-corrected chi connectivity index (χ2v) is 7.37. The molecule has 0 spiro atoms. The molecular formula is C19H25FN2OS. The topological polar surface area (TPSA) is 25.4 Å². The van der Waals surface area contributed by atoms with Crippen LogP contribution in [0.1, 0.15) is 31.2 Å². The van der Waals surface area contributed by atoms with E-state index >= 15 is 0 Å². The van der Waals surface area contributed by atoms with Crippen LogP contribution >= 0.6 is 11.3 Å². The minimum Gasteiger partial charge on any atom is -0.490 e. The fourth-order valence-corrected chi connectivity index (χ4v) is 3.80. The molecular weight excluding hydrogens is 323 g/mol. The largest absolute Gasteiger partial charge is 0.490 e. The standard InChI is InChI=1S/C19H25FN2OS/c1-22-8-6-17(22)13-23-18-10-16(11-21-12-18)19-9-15(14-24-19)5-3-2-4-7-20/h9-12,14,17H,2-8,13H2,1H3. The van der Waals surface area contributed by atoms with E-state index in [4.69, 9.17) is 4.74 Å². The zero-order chi connectivity index (χ0) is 16.8. The fourth-order valence-electron chi connectivity index (χ4n) is 2.86. The summed E-state index contributed by atoms with van der Waals surface area (Å²) < 4.78 is 18.0. The molecule has 0 bridgehead atoms. The van der Waals surface area contributed by atoms with Gasteiger partial charge >= 0.3 is 0 Å². The van der Waals surface area contributed by atoms with Gasteiger partial charge in [0.1, 0.15) is 12.4 Å². The third kappa shape index (κ3) is 4.54. The lowest BCUT2D eigenvalue weighted by Crippen LogP contribution is -2.48. The van der Waals surface area contributed by atoms with E-state index in [-0.39, 0.29) is 6.67 Å². The lowest BCUT2D eigenvalue weighted by Gasteiger charge is -2.37. The third-order valence-electron chi connectivity index (χ3n) is 4.63. The summed E-state index contributed by atoms with van der Waals surface area (Å²) in [5.41, 5.74) is 2.44. The number of likely N-dealkylation sites (N-methyl/N-ethyl adjacent to an activating group) is 1. The van der Waals surface area contributed by atoms with Gasteiger partial charge < -0.3 is 4.74 Å². The van der Waals surface area contributed by atoms with Crippen LogP contribution in [0.15, 0.2) is 29.9 Å². The molecule has 1 aliphatic rings. The molecule has 0 aliphatic carbocycles. The molecule has 0 N–H and O–H groups in total. The van der Waals surface area contributed by atoms with Gasteiger partial charge in [0.15, 0.2) is 0 Å². The second-order valence-electron chi connectivity index (χ2n) is 6.46. The highest BCUT2D eigenvalue weighted by Crippen LogP contribution is 2.30. The first-order valence-electron chi connectivity index (χ1n) is 8.68. The first kappa shape index (κ1) is 17.4. The van der Waals surface area contributed by atoms with Gasteiger partial charge in [-0.25, -0.2) is 0 Å². The van der Waals surface area contributed by atoms with Crippen LogP contribution in [-0.2, 0) is 6.42 Å². The summed E-state index contributed by atoms with van der Waals surface area (Å²) in [5.74, 6) is 0.839. The number of likely N-dealkylation sites (tertiary alicyclic amines) is 1. The van der Waals surface area contributed by atoms with E-state index in [1.807, 2.05) is 6.20 Å². The normalized spacial score (nSPS) is 17.7. The van der Waals surface area contributed by atoms with Crippen molar-refractivity contribution in [2.75, 3.05) is 26.9 Å².